The fourth-order valence-electron chi connectivity index (χ4n) is 1.94. The second-order valence-electron chi connectivity index (χ2n) is 4.92. The van der Waals surface area contributed by atoms with E-state index >= 15 is 0 Å². The SMILES string of the molecule is CCCCc1cc(=O)[nH]c(SCc2ccc(C(=O)OCC)o2)n1. The van der Waals surface area contributed by atoms with E-state index in [2.05, 4.69) is 16.9 Å². The quantitative estimate of drug-likeness (QED) is 0.453. The Morgan fingerprint density at radius 1 is 1.39 bits per heavy atom. The highest BCUT2D eigenvalue weighted by atomic mass is 32.2. The Morgan fingerprint density at radius 3 is 2.96 bits per heavy atom. The van der Waals surface area contributed by atoms with Gasteiger partial charge in [0.1, 0.15) is 5.76 Å². The fourth-order valence-corrected chi connectivity index (χ4v) is 2.73. The molecule has 6 nitrogen and oxygen atoms in total. The zero-order valence-electron chi connectivity index (χ0n) is 13.3. The lowest BCUT2D eigenvalue weighted by molar-refractivity contribution is 0.0488. The topological polar surface area (TPSA) is 85.2 Å². The minimum atomic E-state index is -0.475. The van der Waals surface area contributed by atoms with E-state index in [1.54, 1.807) is 19.1 Å². The van der Waals surface area contributed by atoms with Gasteiger partial charge >= 0.3 is 5.97 Å². The molecule has 1 N–H and O–H groups in total. The lowest BCUT2D eigenvalue weighted by Gasteiger charge is -2.03. The highest BCUT2D eigenvalue weighted by Crippen LogP contribution is 2.20. The lowest BCUT2D eigenvalue weighted by atomic mass is 10.2. The van der Waals surface area contributed by atoms with E-state index in [4.69, 9.17) is 9.15 Å². The summed E-state index contributed by atoms with van der Waals surface area (Å²) in [6, 6.07) is 4.84. The molecule has 0 radical (unpaired) electrons. The van der Waals surface area contributed by atoms with Gasteiger partial charge in [0.2, 0.25) is 5.76 Å². The molecule has 0 aliphatic carbocycles. The molecule has 0 aromatic carbocycles. The van der Waals surface area contributed by atoms with E-state index in [-0.39, 0.29) is 11.3 Å². The number of carbonyl (C=O) groups is 1. The van der Waals surface area contributed by atoms with Crippen LogP contribution in [-0.4, -0.2) is 22.5 Å². The highest BCUT2D eigenvalue weighted by molar-refractivity contribution is 7.98. The number of thioether (sulfide) groups is 1. The summed E-state index contributed by atoms with van der Waals surface area (Å²) in [7, 11) is 0. The third-order valence-electron chi connectivity index (χ3n) is 3.05. The first-order valence-corrected chi connectivity index (χ1v) is 8.59. The predicted octanol–water partition coefficient (Wildman–Crippen LogP) is 3.17. The number of unbranched alkanes of at least 4 members (excludes halogenated alkanes) is 1. The van der Waals surface area contributed by atoms with Crippen molar-refractivity contribution < 1.29 is 13.9 Å². The molecule has 0 fully saturated rings. The zero-order valence-corrected chi connectivity index (χ0v) is 14.1. The molecule has 124 valence electrons. The van der Waals surface area contributed by atoms with Gasteiger partial charge in [-0.1, -0.05) is 25.1 Å². The van der Waals surface area contributed by atoms with Crippen molar-refractivity contribution in [2.24, 2.45) is 0 Å². The number of aromatic amines is 1. The standard InChI is InChI=1S/C16H20N2O4S/c1-3-5-6-11-9-14(19)18-16(17-11)23-10-12-7-8-13(22-12)15(20)21-4-2/h7-9H,3-6,10H2,1-2H3,(H,17,18,19). The van der Waals surface area contributed by atoms with Crippen molar-refractivity contribution in [3.63, 3.8) is 0 Å². The van der Waals surface area contributed by atoms with Gasteiger partial charge in [-0.3, -0.25) is 4.79 Å². The summed E-state index contributed by atoms with van der Waals surface area (Å²) in [4.78, 5) is 30.3. The third-order valence-corrected chi connectivity index (χ3v) is 3.94. The van der Waals surface area contributed by atoms with Gasteiger partial charge in [0.15, 0.2) is 5.16 Å². The van der Waals surface area contributed by atoms with Crippen LogP contribution in [0.5, 0.6) is 0 Å². The number of aryl methyl sites for hydroxylation is 1. The maximum atomic E-state index is 11.7. The van der Waals surface area contributed by atoms with E-state index in [1.165, 1.54) is 17.8 Å². The maximum absolute atomic E-state index is 11.7. The maximum Gasteiger partial charge on any atom is 0.374 e. The van der Waals surface area contributed by atoms with E-state index in [0.717, 1.165) is 25.0 Å². The van der Waals surface area contributed by atoms with Gasteiger partial charge in [0.05, 0.1) is 12.4 Å². The molecule has 0 amide bonds. The number of rotatable bonds is 8. The van der Waals surface area contributed by atoms with E-state index in [1.807, 2.05) is 0 Å². The first-order valence-electron chi connectivity index (χ1n) is 7.61. The van der Waals surface area contributed by atoms with Crippen molar-refractivity contribution in [1.29, 1.82) is 0 Å². The Bertz CT molecular complexity index is 708. The molecular weight excluding hydrogens is 316 g/mol. The Kier molecular flexibility index (Phi) is 6.46. The Hall–Kier alpha value is -2.02. The second-order valence-corrected chi connectivity index (χ2v) is 5.88. The van der Waals surface area contributed by atoms with E-state index < -0.39 is 5.97 Å². The Morgan fingerprint density at radius 2 is 2.22 bits per heavy atom. The first-order chi connectivity index (χ1) is 11.1. The molecule has 2 aromatic rings. The minimum Gasteiger partial charge on any atom is -0.460 e. The smallest absolute Gasteiger partial charge is 0.374 e. The molecule has 0 atom stereocenters. The molecule has 0 saturated heterocycles. The van der Waals surface area contributed by atoms with Gasteiger partial charge in [-0.2, -0.15) is 0 Å². The van der Waals surface area contributed by atoms with Crippen molar-refractivity contribution in [1.82, 2.24) is 9.97 Å². The summed E-state index contributed by atoms with van der Waals surface area (Å²) >= 11 is 1.36. The number of furan rings is 1. The van der Waals surface area contributed by atoms with E-state index in [9.17, 15) is 9.59 Å². The van der Waals surface area contributed by atoms with Gasteiger partial charge in [-0.05, 0) is 31.9 Å². The number of H-pyrrole nitrogens is 1. The largest absolute Gasteiger partial charge is 0.460 e. The summed E-state index contributed by atoms with van der Waals surface area (Å²) in [5.41, 5.74) is 0.644. The van der Waals surface area contributed by atoms with Crippen molar-refractivity contribution in [2.75, 3.05) is 6.61 Å². The normalized spacial score (nSPS) is 10.7. The van der Waals surface area contributed by atoms with Crippen molar-refractivity contribution >= 4 is 17.7 Å². The monoisotopic (exact) mass is 336 g/mol. The predicted molar refractivity (Wildman–Crippen MR) is 87.7 cm³/mol. The molecule has 0 unspecified atom stereocenters. The van der Waals surface area contributed by atoms with Crippen molar-refractivity contribution in [3.05, 3.63) is 45.8 Å². The second kappa shape index (κ2) is 8.57. The zero-order chi connectivity index (χ0) is 16.7. The van der Waals surface area contributed by atoms with Crippen LogP contribution < -0.4 is 5.56 Å². The molecule has 0 bridgehead atoms. The Labute approximate surface area is 138 Å². The summed E-state index contributed by atoms with van der Waals surface area (Å²) in [6.07, 6.45) is 2.85. The fraction of sp³-hybridized carbons (Fsp3) is 0.438. The number of nitrogens with zero attached hydrogens (tertiary/aromatic N) is 1. The van der Waals surface area contributed by atoms with Crippen LogP contribution in [0.3, 0.4) is 0 Å². The molecule has 0 spiro atoms. The molecule has 0 aliphatic rings. The van der Waals surface area contributed by atoms with Gasteiger partial charge in [0.25, 0.3) is 5.56 Å². The molecule has 23 heavy (non-hydrogen) atoms. The van der Waals surface area contributed by atoms with Crippen LogP contribution in [0.15, 0.2) is 32.6 Å². The van der Waals surface area contributed by atoms with Crippen molar-refractivity contribution in [2.45, 2.75) is 44.0 Å². The number of ether oxygens (including phenoxy) is 1. The summed E-state index contributed by atoms with van der Waals surface area (Å²) < 4.78 is 10.3. The summed E-state index contributed by atoms with van der Waals surface area (Å²) in [5, 5.41) is 0.553. The molecule has 7 heteroatoms. The first kappa shape index (κ1) is 17.3. The van der Waals surface area contributed by atoms with Crippen LogP contribution >= 0.6 is 11.8 Å². The van der Waals surface area contributed by atoms with Crippen LogP contribution in [0.4, 0.5) is 0 Å². The lowest BCUT2D eigenvalue weighted by Crippen LogP contribution is -2.10. The molecule has 2 aromatic heterocycles. The van der Waals surface area contributed by atoms with E-state index in [0.29, 0.717) is 23.3 Å². The number of hydrogen-bond donors (Lipinski definition) is 1. The number of hydrogen-bond acceptors (Lipinski definition) is 6. The van der Waals surface area contributed by atoms with Gasteiger partial charge in [-0.25, -0.2) is 9.78 Å². The molecule has 0 saturated carbocycles. The highest BCUT2D eigenvalue weighted by Gasteiger charge is 2.12. The average molecular weight is 336 g/mol. The van der Waals surface area contributed by atoms with Crippen molar-refractivity contribution in [3.8, 4) is 0 Å². The molecular formula is C16H20N2O4S. The molecule has 0 aliphatic heterocycles. The number of aromatic nitrogens is 2. The summed E-state index contributed by atoms with van der Waals surface area (Å²) in [6.45, 7) is 4.14. The molecule has 2 rings (SSSR count). The number of esters is 1. The van der Waals surface area contributed by atoms with Crippen LogP contribution in [0.2, 0.25) is 0 Å². The summed E-state index contributed by atoms with van der Waals surface area (Å²) in [5.74, 6) is 0.802. The minimum absolute atomic E-state index is 0.153. The molecule has 2 heterocycles. The van der Waals surface area contributed by atoms with Crippen LogP contribution in [0.1, 0.15) is 48.7 Å². The van der Waals surface area contributed by atoms with Crippen LogP contribution in [0, 0.1) is 0 Å². The van der Waals surface area contributed by atoms with Gasteiger partial charge < -0.3 is 14.1 Å². The van der Waals surface area contributed by atoms with Crippen LogP contribution in [0.25, 0.3) is 0 Å². The Balaban J connectivity index is 1.99. The van der Waals surface area contributed by atoms with Gasteiger partial charge in [0, 0.05) is 11.8 Å². The number of nitrogens with one attached hydrogen (secondary N) is 1. The van der Waals surface area contributed by atoms with Crippen LogP contribution in [-0.2, 0) is 16.9 Å². The average Bonchev–Trinajstić information content (AvgIpc) is 3.00. The third kappa shape index (κ3) is 5.28. The number of carbonyl (C=O) groups excluding carboxylic acids is 1. The van der Waals surface area contributed by atoms with Gasteiger partial charge in [-0.15, -0.1) is 0 Å².